The summed E-state index contributed by atoms with van der Waals surface area (Å²) in [6.45, 7) is 2.10. The van der Waals surface area contributed by atoms with Crippen LogP contribution in [0.3, 0.4) is 0 Å². The standard InChI is InChI=1S/C12H12BrClN2/c1-2-12-15-5-6-16(12)11-4-3-9(8-14)7-10(11)13/h3-7H,2,8H2,1H3. The smallest absolute Gasteiger partial charge is 0.112 e. The lowest BCUT2D eigenvalue weighted by Crippen LogP contribution is -2.00. The van der Waals surface area contributed by atoms with E-state index in [0.717, 1.165) is 28.0 Å². The van der Waals surface area contributed by atoms with Crippen molar-refractivity contribution < 1.29 is 0 Å². The van der Waals surface area contributed by atoms with E-state index in [4.69, 9.17) is 11.6 Å². The summed E-state index contributed by atoms with van der Waals surface area (Å²) in [7, 11) is 0. The van der Waals surface area contributed by atoms with Crippen LogP contribution in [-0.2, 0) is 12.3 Å². The molecule has 0 fully saturated rings. The van der Waals surface area contributed by atoms with Crippen LogP contribution in [0.5, 0.6) is 0 Å². The van der Waals surface area contributed by atoms with Crippen LogP contribution in [0, 0.1) is 0 Å². The highest BCUT2D eigenvalue weighted by molar-refractivity contribution is 9.10. The van der Waals surface area contributed by atoms with Crippen molar-refractivity contribution in [3.05, 3.63) is 46.5 Å². The average Bonchev–Trinajstić information content (AvgIpc) is 2.76. The third kappa shape index (κ3) is 2.15. The van der Waals surface area contributed by atoms with Crippen LogP contribution in [0.1, 0.15) is 18.3 Å². The number of halogens is 2. The Morgan fingerprint density at radius 1 is 1.44 bits per heavy atom. The fourth-order valence-corrected chi connectivity index (χ4v) is 2.43. The highest BCUT2D eigenvalue weighted by Crippen LogP contribution is 2.24. The van der Waals surface area contributed by atoms with Crippen LogP contribution in [-0.4, -0.2) is 9.55 Å². The average molecular weight is 300 g/mol. The van der Waals surface area contributed by atoms with Crippen LogP contribution in [0.15, 0.2) is 35.1 Å². The van der Waals surface area contributed by atoms with Crippen LogP contribution >= 0.6 is 27.5 Å². The number of aryl methyl sites for hydroxylation is 1. The summed E-state index contributed by atoms with van der Waals surface area (Å²) in [5.41, 5.74) is 2.21. The van der Waals surface area contributed by atoms with Crippen LogP contribution < -0.4 is 0 Å². The molecular weight excluding hydrogens is 288 g/mol. The molecule has 2 rings (SSSR count). The third-order valence-electron chi connectivity index (χ3n) is 2.46. The Kier molecular flexibility index (Phi) is 3.66. The van der Waals surface area contributed by atoms with Crippen molar-refractivity contribution in [2.75, 3.05) is 0 Å². The Hall–Kier alpha value is -0.800. The second kappa shape index (κ2) is 5.02. The zero-order valence-electron chi connectivity index (χ0n) is 8.95. The van der Waals surface area contributed by atoms with Gasteiger partial charge >= 0.3 is 0 Å². The topological polar surface area (TPSA) is 17.8 Å². The lowest BCUT2D eigenvalue weighted by atomic mass is 10.2. The van der Waals surface area contributed by atoms with Gasteiger partial charge in [0.2, 0.25) is 0 Å². The maximum atomic E-state index is 5.79. The van der Waals surface area contributed by atoms with Crippen molar-refractivity contribution in [3.8, 4) is 5.69 Å². The molecule has 2 aromatic rings. The van der Waals surface area contributed by atoms with Gasteiger partial charge in [-0.05, 0) is 33.6 Å². The van der Waals surface area contributed by atoms with E-state index in [1.54, 1.807) is 0 Å². The molecule has 0 aliphatic carbocycles. The first-order valence-corrected chi connectivity index (χ1v) is 6.46. The van der Waals surface area contributed by atoms with E-state index >= 15 is 0 Å². The predicted molar refractivity (Wildman–Crippen MR) is 70.2 cm³/mol. The van der Waals surface area contributed by atoms with E-state index in [2.05, 4.69) is 38.5 Å². The van der Waals surface area contributed by atoms with E-state index in [9.17, 15) is 0 Å². The molecule has 0 aliphatic rings. The summed E-state index contributed by atoms with van der Waals surface area (Å²) in [6.07, 6.45) is 4.71. The van der Waals surface area contributed by atoms with Crippen LogP contribution in [0.25, 0.3) is 5.69 Å². The second-order valence-electron chi connectivity index (χ2n) is 3.49. The lowest BCUT2D eigenvalue weighted by Gasteiger charge is -2.09. The third-order valence-corrected chi connectivity index (χ3v) is 3.40. The molecule has 0 saturated carbocycles. The summed E-state index contributed by atoms with van der Waals surface area (Å²) in [5.74, 6) is 1.59. The highest BCUT2D eigenvalue weighted by Gasteiger charge is 2.07. The van der Waals surface area contributed by atoms with Crippen molar-refractivity contribution in [1.29, 1.82) is 0 Å². The molecule has 2 nitrogen and oxygen atoms in total. The van der Waals surface area contributed by atoms with Crippen LogP contribution in [0.2, 0.25) is 0 Å². The molecule has 1 heterocycles. The van der Waals surface area contributed by atoms with E-state index in [1.807, 2.05) is 24.5 Å². The fraction of sp³-hybridized carbons (Fsp3) is 0.250. The Labute approximate surface area is 108 Å². The Bertz CT molecular complexity index is 494. The molecule has 0 atom stereocenters. The SMILES string of the molecule is CCc1nccn1-c1ccc(CCl)cc1Br. The Morgan fingerprint density at radius 2 is 2.25 bits per heavy atom. The minimum absolute atomic E-state index is 0.531. The summed E-state index contributed by atoms with van der Waals surface area (Å²) in [6, 6.07) is 6.14. The first kappa shape index (κ1) is 11.7. The second-order valence-corrected chi connectivity index (χ2v) is 4.61. The Balaban J connectivity index is 2.48. The molecule has 0 saturated heterocycles. The van der Waals surface area contributed by atoms with Crippen molar-refractivity contribution in [1.82, 2.24) is 9.55 Å². The monoisotopic (exact) mass is 298 g/mol. The molecule has 1 aromatic carbocycles. The Morgan fingerprint density at radius 3 is 2.88 bits per heavy atom. The zero-order valence-corrected chi connectivity index (χ0v) is 11.3. The molecule has 4 heteroatoms. The van der Waals surface area contributed by atoms with E-state index in [1.165, 1.54) is 0 Å². The van der Waals surface area contributed by atoms with E-state index < -0.39 is 0 Å². The number of nitrogens with zero attached hydrogens (tertiary/aromatic N) is 2. The van der Waals surface area contributed by atoms with Gasteiger partial charge in [-0.25, -0.2) is 4.98 Å². The molecule has 16 heavy (non-hydrogen) atoms. The van der Waals surface area contributed by atoms with Crippen molar-refractivity contribution in [2.45, 2.75) is 19.2 Å². The summed E-state index contributed by atoms with van der Waals surface area (Å²) in [5, 5.41) is 0. The maximum absolute atomic E-state index is 5.79. The number of rotatable bonds is 3. The van der Waals surface area contributed by atoms with Gasteiger partial charge in [0.15, 0.2) is 0 Å². The quantitative estimate of drug-likeness (QED) is 0.785. The van der Waals surface area contributed by atoms with Gasteiger partial charge in [0.05, 0.1) is 5.69 Å². The number of aromatic nitrogens is 2. The highest BCUT2D eigenvalue weighted by atomic mass is 79.9. The predicted octanol–water partition coefficient (Wildman–Crippen LogP) is 3.94. The molecular formula is C12H12BrClN2. The largest absolute Gasteiger partial charge is 0.303 e. The summed E-state index contributed by atoms with van der Waals surface area (Å²) >= 11 is 9.36. The molecule has 0 radical (unpaired) electrons. The lowest BCUT2D eigenvalue weighted by molar-refractivity contribution is 0.888. The van der Waals surface area contributed by atoms with E-state index in [-0.39, 0.29) is 0 Å². The van der Waals surface area contributed by atoms with Gasteiger partial charge in [0, 0.05) is 29.2 Å². The zero-order chi connectivity index (χ0) is 11.5. The molecule has 0 spiro atoms. The van der Waals surface area contributed by atoms with Gasteiger partial charge in [-0.2, -0.15) is 0 Å². The molecule has 0 amide bonds. The molecule has 0 aliphatic heterocycles. The summed E-state index contributed by atoms with van der Waals surface area (Å²) < 4.78 is 3.13. The molecule has 0 unspecified atom stereocenters. The number of imidazole rings is 1. The van der Waals surface area contributed by atoms with Crippen molar-refractivity contribution >= 4 is 27.5 Å². The normalized spacial score (nSPS) is 10.7. The van der Waals surface area contributed by atoms with Gasteiger partial charge in [0.25, 0.3) is 0 Å². The maximum Gasteiger partial charge on any atom is 0.112 e. The first-order valence-electron chi connectivity index (χ1n) is 5.13. The molecule has 1 aromatic heterocycles. The fourth-order valence-electron chi connectivity index (χ4n) is 1.64. The number of hydrogen-bond donors (Lipinski definition) is 0. The van der Waals surface area contributed by atoms with Gasteiger partial charge in [-0.15, -0.1) is 11.6 Å². The van der Waals surface area contributed by atoms with Crippen molar-refractivity contribution in [3.63, 3.8) is 0 Å². The van der Waals surface area contributed by atoms with Gasteiger partial charge in [-0.3, -0.25) is 0 Å². The molecule has 0 bridgehead atoms. The van der Waals surface area contributed by atoms with Gasteiger partial charge < -0.3 is 4.57 Å². The minimum Gasteiger partial charge on any atom is -0.303 e. The number of alkyl halides is 1. The van der Waals surface area contributed by atoms with Crippen molar-refractivity contribution in [2.24, 2.45) is 0 Å². The number of benzene rings is 1. The minimum atomic E-state index is 0.531. The van der Waals surface area contributed by atoms with Gasteiger partial charge in [0.1, 0.15) is 5.82 Å². The van der Waals surface area contributed by atoms with Crippen LogP contribution in [0.4, 0.5) is 0 Å². The molecule has 84 valence electrons. The van der Waals surface area contributed by atoms with E-state index in [0.29, 0.717) is 5.88 Å². The first-order chi connectivity index (χ1) is 7.76. The van der Waals surface area contributed by atoms with Gasteiger partial charge in [-0.1, -0.05) is 13.0 Å². The number of hydrogen-bond acceptors (Lipinski definition) is 1. The summed E-state index contributed by atoms with van der Waals surface area (Å²) in [4.78, 5) is 4.31. The molecule has 0 N–H and O–H groups in total.